The predicted molar refractivity (Wildman–Crippen MR) is 109 cm³/mol. The van der Waals surface area contributed by atoms with Crippen molar-refractivity contribution in [2.45, 2.75) is 113 Å². The standard InChI is InChI=1S/C20H35NO13/c1-6-13(24)9(33-20-17(28)16(27)14(25)7(2)31-20)4-11(30-6)34-18-12(21-8(3)23)19(29)32-10(5-22)15(18)26/h6-7,9-20,22,24-29H,4-5H2,1-3H3,(H,21,23)/t6-,7-,9-,10+,11-,12+,13-,14-,15+,16+,17+,18+,19+,20-/m0/s1. The number of rotatable bonds is 6. The average molecular weight is 497 g/mol. The van der Waals surface area contributed by atoms with Gasteiger partial charge in [-0.25, -0.2) is 0 Å². The molecular weight excluding hydrogens is 462 g/mol. The maximum atomic E-state index is 11.6. The summed E-state index contributed by atoms with van der Waals surface area (Å²) in [5, 5.41) is 73.4. The first-order valence-corrected chi connectivity index (χ1v) is 11.2. The summed E-state index contributed by atoms with van der Waals surface area (Å²) in [6.07, 6.45) is -16.4. The van der Waals surface area contributed by atoms with E-state index < -0.39 is 98.5 Å². The van der Waals surface area contributed by atoms with Crippen LogP contribution in [0, 0.1) is 0 Å². The van der Waals surface area contributed by atoms with Crippen molar-refractivity contribution in [3.05, 3.63) is 0 Å². The Kier molecular flexibility index (Phi) is 9.22. The first kappa shape index (κ1) is 27.6. The maximum absolute atomic E-state index is 11.6. The van der Waals surface area contributed by atoms with Gasteiger partial charge in [0.2, 0.25) is 5.91 Å². The Bertz CT molecular complexity index is 685. The third-order valence-corrected chi connectivity index (χ3v) is 6.32. The van der Waals surface area contributed by atoms with E-state index in [1.54, 1.807) is 0 Å². The molecule has 0 unspecified atom stereocenters. The van der Waals surface area contributed by atoms with E-state index in [4.69, 9.17) is 23.7 Å². The van der Waals surface area contributed by atoms with Gasteiger partial charge in [-0.05, 0) is 13.8 Å². The lowest BCUT2D eigenvalue weighted by molar-refractivity contribution is -0.344. The minimum atomic E-state index is -1.59. The first-order valence-electron chi connectivity index (χ1n) is 11.2. The smallest absolute Gasteiger partial charge is 0.217 e. The van der Waals surface area contributed by atoms with E-state index >= 15 is 0 Å². The van der Waals surface area contributed by atoms with Crippen molar-refractivity contribution in [2.24, 2.45) is 0 Å². The summed E-state index contributed by atoms with van der Waals surface area (Å²) in [5.74, 6) is -0.524. The normalized spacial score (nSPS) is 50.1. The first-order chi connectivity index (χ1) is 15.9. The molecule has 3 saturated heterocycles. The van der Waals surface area contributed by atoms with Crippen LogP contribution in [-0.2, 0) is 28.5 Å². The molecule has 0 radical (unpaired) electrons. The number of carbonyl (C=O) groups excluding carboxylic acids is 1. The molecule has 198 valence electrons. The molecule has 14 nitrogen and oxygen atoms in total. The van der Waals surface area contributed by atoms with Crippen molar-refractivity contribution in [3.8, 4) is 0 Å². The lowest BCUT2D eigenvalue weighted by Crippen LogP contribution is -2.66. The lowest BCUT2D eigenvalue weighted by atomic mass is 9.96. The second-order valence-electron chi connectivity index (χ2n) is 8.92. The number of ether oxygens (including phenoxy) is 5. The van der Waals surface area contributed by atoms with E-state index in [1.165, 1.54) is 20.8 Å². The van der Waals surface area contributed by atoms with Gasteiger partial charge < -0.3 is 64.7 Å². The van der Waals surface area contributed by atoms with Gasteiger partial charge >= 0.3 is 0 Å². The fourth-order valence-electron chi connectivity index (χ4n) is 4.34. The molecule has 0 aromatic carbocycles. The molecule has 0 bridgehead atoms. The van der Waals surface area contributed by atoms with E-state index in [0.29, 0.717) is 0 Å². The fraction of sp³-hybridized carbons (Fsp3) is 0.950. The summed E-state index contributed by atoms with van der Waals surface area (Å²) in [6, 6.07) is -1.19. The summed E-state index contributed by atoms with van der Waals surface area (Å²) in [5.41, 5.74) is 0. The Morgan fingerprint density at radius 1 is 0.882 bits per heavy atom. The molecular formula is C20H35NO13. The minimum absolute atomic E-state index is 0.123. The highest BCUT2D eigenvalue weighted by molar-refractivity contribution is 5.73. The van der Waals surface area contributed by atoms with E-state index in [0.717, 1.165) is 0 Å². The van der Waals surface area contributed by atoms with Crippen LogP contribution in [0.15, 0.2) is 0 Å². The number of aliphatic hydroxyl groups is 7. The molecule has 0 saturated carbocycles. The number of carbonyl (C=O) groups is 1. The summed E-state index contributed by atoms with van der Waals surface area (Å²) in [7, 11) is 0. The molecule has 14 heteroatoms. The number of aliphatic hydroxyl groups excluding tert-OH is 7. The van der Waals surface area contributed by atoms with Gasteiger partial charge in [-0.1, -0.05) is 0 Å². The maximum Gasteiger partial charge on any atom is 0.217 e. The van der Waals surface area contributed by atoms with Crippen LogP contribution in [0.3, 0.4) is 0 Å². The molecule has 0 aliphatic carbocycles. The van der Waals surface area contributed by atoms with Crippen LogP contribution in [0.25, 0.3) is 0 Å². The lowest BCUT2D eigenvalue weighted by Gasteiger charge is -2.46. The molecule has 3 rings (SSSR count). The van der Waals surface area contributed by atoms with Gasteiger partial charge in [0.25, 0.3) is 0 Å². The molecule has 1 amide bonds. The number of hydrogen-bond donors (Lipinski definition) is 8. The summed E-state index contributed by atoms with van der Waals surface area (Å²) >= 11 is 0. The third-order valence-electron chi connectivity index (χ3n) is 6.32. The van der Waals surface area contributed by atoms with Crippen molar-refractivity contribution in [2.75, 3.05) is 6.61 Å². The zero-order valence-electron chi connectivity index (χ0n) is 19.1. The minimum Gasteiger partial charge on any atom is -0.394 e. The van der Waals surface area contributed by atoms with Crippen LogP contribution in [-0.4, -0.2) is 134 Å². The van der Waals surface area contributed by atoms with Crippen molar-refractivity contribution >= 4 is 5.91 Å². The van der Waals surface area contributed by atoms with E-state index in [1.807, 2.05) is 0 Å². The Hall–Kier alpha value is -1.01. The van der Waals surface area contributed by atoms with Crippen LogP contribution in [0.1, 0.15) is 27.2 Å². The summed E-state index contributed by atoms with van der Waals surface area (Å²) in [6.45, 7) is 3.60. The van der Waals surface area contributed by atoms with Crippen molar-refractivity contribution in [3.63, 3.8) is 0 Å². The largest absolute Gasteiger partial charge is 0.394 e. The van der Waals surface area contributed by atoms with Crippen LogP contribution < -0.4 is 5.32 Å². The van der Waals surface area contributed by atoms with Gasteiger partial charge in [-0.3, -0.25) is 4.79 Å². The second kappa shape index (κ2) is 11.4. The fourth-order valence-corrected chi connectivity index (χ4v) is 4.34. The van der Waals surface area contributed by atoms with Crippen molar-refractivity contribution in [1.82, 2.24) is 5.32 Å². The molecule has 3 aliphatic heterocycles. The molecule has 3 fully saturated rings. The molecule has 34 heavy (non-hydrogen) atoms. The monoisotopic (exact) mass is 497 g/mol. The number of nitrogens with one attached hydrogen (secondary N) is 1. The molecule has 3 aliphatic rings. The summed E-state index contributed by atoms with van der Waals surface area (Å²) in [4.78, 5) is 11.6. The number of hydrogen-bond acceptors (Lipinski definition) is 13. The Labute approximate surface area is 195 Å². The number of amides is 1. The molecule has 8 N–H and O–H groups in total. The van der Waals surface area contributed by atoms with Crippen LogP contribution >= 0.6 is 0 Å². The van der Waals surface area contributed by atoms with Gasteiger partial charge in [0.1, 0.15) is 48.8 Å². The van der Waals surface area contributed by atoms with Gasteiger partial charge in [0, 0.05) is 13.3 Å². The van der Waals surface area contributed by atoms with Crippen molar-refractivity contribution in [1.29, 1.82) is 0 Å². The molecule has 0 aromatic heterocycles. The highest BCUT2D eigenvalue weighted by Gasteiger charge is 2.50. The Morgan fingerprint density at radius 2 is 1.53 bits per heavy atom. The average Bonchev–Trinajstić information content (AvgIpc) is 2.78. The van der Waals surface area contributed by atoms with E-state index in [9.17, 15) is 40.5 Å². The topological polar surface area (TPSA) is 217 Å². The van der Waals surface area contributed by atoms with Gasteiger partial charge in [0.05, 0.1) is 24.9 Å². The highest BCUT2D eigenvalue weighted by Crippen LogP contribution is 2.31. The Balaban J connectivity index is 1.73. The molecule has 14 atom stereocenters. The zero-order valence-corrected chi connectivity index (χ0v) is 19.1. The Morgan fingerprint density at radius 3 is 2.15 bits per heavy atom. The highest BCUT2D eigenvalue weighted by atomic mass is 16.7. The predicted octanol–water partition coefficient (Wildman–Crippen LogP) is -4.34. The molecule has 0 spiro atoms. The quantitative estimate of drug-likeness (QED) is 0.174. The van der Waals surface area contributed by atoms with E-state index in [-0.39, 0.29) is 6.42 Å². The van der Waals surface area contributed by atoms with Crippen LogP contribution in [0.5, 0.6) is 0 Å². The van der Waals surface area contributed by atoms with Crippen LogP contribution in [0.4, 0.5) is 0 Å². The zero-order chi connectivity index (χ0) is 25.3. The van der Waals surface area contributed by atoms with Gasteiger partial charge in [-0.15, -0.1) is 0 Å². The molecule has 3 heterocycles. The molecule has 0 aromatic rings. The SMILES string of the molecule is CC(=O)N[C@@H]1[C@@H](O[C@H]2C[C@H](O[C@@H]3O[C@@H](C)[C@H](O)[C@@H](O)[C@H]3O)[C@@H](O)[C@H](C)O2)[C@H](O)[C@@H](CO)O[C@H]1O. The summed E-state index contributed by atoms with van der Waals surface area (Å²) < 4.78 is 27.8. The van der Waals surface area contributed by atoms with Crippen molar-refractivity contribution < 1.29 is 64.2 Å². The third kappa shape index (κ3) is 5.86. The van der Waals surface area contributed by atoms with Gasteiger partial charge in [0.15, 0.2) is 18.9 Å². The van der Waals surface area contributed by atoms with Crippen LogP contribution in [0.2, 0.25) is 0 Å². The van der Waals surface area contributed by atoms with E-state index in [2.05, 4.69) is 5.32 Å². The second-order valence-corrected chi connectivity index (χ2v) is 8.92. The van der Waals surface area contributed by atoms with Gasteiger partial charge in [-0.2, -0.15) is 0 Å².